The van der Waals surface area contributed by atoms with Crippen molar-refractivity contribution in [2.24, 2.45) is 4.99 Å². The molecule has 21 heavy (non-hydrogen) atoms. The number of halogens is 1. The van der Waals surface area contributed by atoms with Crippen molar-refractivity contribution in [1.29, 1.82) is 0 Å². The van der Waals surface area contributed by atoms with Gasteiger partial charge in [0.15, 0.2) is 6.04 Å². The van der Waals surface area contributed by atoms with Gasteiger partial charge in [-0.2, -0.15) is 0 Å². The van der Waals surface area contributed by atoms with Crippen LogP contribution < -0.4 is 0 Å². The molecule has 0 N–H and O–H groups in total. The van der Waals surface area contributed by atoms with Gasteiger partial charge in [0.05, 0.1) is 12.8 Å². The van der Waals surface area contributed by atoms with Gasteiger partial charge in [-0.25, -0.2) is 4.79 Å². The molecule has 1 aliphatic heterocycles. The molecular weight excluding hydrogens is 330 g/mol. The molecule has 4 heteroatoms. The van der Waals surface area contributed by atoms with Crippen LogP contribution in [0.1, 0.15) is 57.8 Å². The highest BCUT2D eigenvalue weighted by molar-refractivity contribution is 9.11. The third kappa shape index (κ3) is 8.86. The second-order valence-electron chi connectivity index (χ2n) is 5.30. The molecule has 1 aliphatic rings. The van der Waals surface area contributed by atoms with E-state index in [9.17, 15) is 4.79 Å². The molecule has 0 aliphatic carbocycles. The monoisotopic (exact) mass is 355 g/mol. The average molecular weight is 356 g/mol. The highest BCUT2D eigenvalue weighted by Crippen LogP contribution is 2.15. The maximum absolute atomic E-state index is 11.1. The van der Waals surface area contributed by atoms with Crippen LogP contribution >= 0.6 is 15.9 Å². The van der Waals surface area contributed by atoms with E-state index in [1.807, 2.05) is 11.1 Å². The summed E-state index contributed by atoms with van der Waals surface area (Å²) in [5.74, 6) is -0.249. The number of esters is 1. The summed E-state index contributed by atoms with van der Waals surface area (Å²) >= 11 is 3.28. The molecule has 0 amide bonds. The molecule has 0 aromatic rings. The highest BCUT2D eigenvalue weighted by atomic mass is 79.9. The van der Waals surface area contributed by atoms with Crippen molar-refractivity contribution in [3.05, 3.63) is 23.2 Å². The normalized spacial score (nSPS) is 17.4. The van der Waals surface area contributed by atoms with Crippen molar-refractivity contribution in [3.63, 3.8) is 0 Å². The van der Waals surface area contributed by atoms with Crippen LogP contribution in [0.4, 0.5) is 0 Å². The van der Waals surface area contributed by atoms with Gasteiger partial charge in [-0.05, 0) is 36.7 Å². The summed E-state index contributed by atoms with van der Waals surface area (Å²) in [7, 11) is 1.40. The molecule has 3 nitrogen and oxygen atoms in total. The summed E-state index contributed by atoms with van der Waals surface area (Å²) in [5, 5.41) is 0. The number of hydrogen-bond donors (Lipinski definition) is 0. The van der Waals surface area contributed by atoms with E-state index in [-0.39, 0.29) is 12.0 Å². The Kier molecular flexibility index (Phi) is 10.1. The molecule has 0 bridgehead atoms. The molecule has 0 radical (unpaired) electrons. The van der Waals surface area contributed by atoms with E-state index in [1.165, 1.54) is 58.5 Å². The van der Waals surface area contributed by atoms with Crippen molar-refractivity contribution in [2.75, 3.05) is 7.11 Å². The fraction of sp³-hybridized carbons (Fsp3) is 0.647. The fourth-order valence-electron chi connectivity index (χ4n) is 2.21. The van der Waals surface area contributed by atoms with E-state index in [0.717, 1.165) is 12.1 Å². The average Bonchev–Trinajstić information content (AvgIpc) is 3.27. The SMILES string of the molecule is COC(=O)[C@@H]1N=C1/C=C/CCCCCCCCC/C=C\Br. The van der Waals surface area contributed by atoms with Crippen LogP contribution in [0.2, 0.25) is 0 Å². The van der Waals surface area contributed by atoms with Gasteiger partial charge in [-0.3, -0.25) is 4.99 Å². The minimum absolute atomic E-state index is 0.249. The topological polar surface area (TPSA) is 38.7 Å². The van der Waals surface area contributed by atoms with Gasteiger partial charge in [-0.15, -0.1) is 0 Å². The summed E-state index contributed by atoms with van der Waals surface area (Å²) in [6, 6.07) is -0.314. The Labute approximate surface area is 136 Å². The Morgan fingerprint density at radius 1 is 1.10 bits per heavy atom. The smallest absolute Gasteiger partial charge is 0.336 e. The van der Waals surface area contributed by atoms with Gasteiger partial charge in [0.25, 0.3) is 0 Å². The zero-order valence-corrected chi connectivity index (χ0v) is 14.5. The number of unbranched alkanes of at least 4 members (excludes halogenated alkanes) is 8. The quantitative estimate of drug-likeness (QED) is 0.366. The second kappa shape index (κ2) is 11.7. The Morgan fingerprint density at radius 2 is 1.67 bits per heavy atom. The predicted octanol–water partition coefficient (Wildman–Crippen LogP) is 4.96. The first-order valence-corrected chi connectivity index (χ1v) is 8.78. The molecule has 1 atom stereocenters. The Balaban J connectivity index is 1.83. The van der Waals surface area contributed by atoms with Gasteiger partial charge in [-0.1, -0.05) is 60.2 Å². The lowest BCUT2D eigenvalue weighted by Gasteiger charge is -1.99. The number of rotatable bonds is 12. The molecule has 0 aromatic heterocycles. The maximum atomic E-state index is 11.1. The number of methoxy groups -OCH3 is 1. The standard InChI is InChI=1S/C17H26BrNO2/c1-21-17(20)16-15(19-16)13-11-9-7-5-3-2-4-6-8-10-12-14-18/h11-14,16H,2-10H2,1H3/b13-11+,14-12-/t16-/m1/s1. The lowest BCUT2D eigenvalue weighted by molar-refractivity contribution is -0.139. The number of allylic oxidation sites excluding steroid dienone is 2. The predicted molar refractivity (Wildman–Crippen MR) is 92.0 cm³/mol. The number of hydrogen-bond acceptors (Lipinski definition) is 3. The highest BCUT2D eigenvalue weighted by Gasteiger charge is 2.33. The van der Waals surface area contributed by atoms with Gasteiger partial charge < -0.3 is 4.74 Å². The molecule has 118 valence electrons. The van der Waals surface area contributed by atoms with E-state index in [2.05, 4.69) is 37.8 Å². The summed E-state index contributed by atoms with van der Waals surface area (Å²) in [4.78, 5) is 17.1. The molecule has 0 fully saturated rings. The first kappa shape index (κ1) is 18.1. The molecule has 0 saturated heterocycles. The van der Waals surface area contributed by atoms with E-state index in [0.29, 0.717) is 0 Å². The number of carbonyl (C=O) groups is 1. The van der Waals surface area contributed by atoms with E-state index in [1.54, 1.807) is 0 Å². The van der Waals surface area contributed by atoms with Crippen molar-refractivity contribution in [2.45, 2.75) is 63.8 Å². The molecule has 1 heterocycles. The number of aliphatic imine (C=N–C) groups is 1. The first-order chi connectivity index (χ1) is 10.3. The van der Waals surface area contributed by atoms with Crippen LogP contribution in [0.3, 0.4) is 0 Å². The van der Waals surface area contributed by atoms with Crippen LogP contribution in [0.25, 0.3) is 0 Å². The lowest BCUT2D eigenvalue weighted by atomic mass is 10.1. The summed E-state index contributed by atoms with van der Waals surface area (Å²) < 4.78 is 4.62. The maximum Gasteiger partial charge on any atom is 0.336 e. The largest absolute Gasteiger partial charge is 0.467 e. The molecule has 0 unspecified atom stereocenters. The molecular formula is C17H26BrNO2. The Bertz CT molecular complexity index is 388. The molecule has 1 rings (SSSR count). The van der Waals surface area contributed by atoms with E-state index >= 15 is 0 Å². The van der Waals surface area contributed by atoms with E-state index < -0.39 is 0 Å². The molecule has 0 saturated carbocycles. The number of ether oxygens (including phenoxy) is 1. The van der Waals surface area contributed by atoms with Gasteiger partial charge in [0.1, 0.15) is 0 Å². The number of nitrogens with zero attached hydrogens (tertiary/aromatic N) is 1. The second-order valence-corrected chi connectivity index (χ2v) is 5.82. The summed E-state index contributed by atoms with van der Waals surface area (Å²) in [6.45, 7) is 0. The Hall–Kier alpha value is -0.900. The van der Waals surface area contributed by atoms with Gasteiger partial charge >= 0.3 is 5.97 Å². The van der Waals surface area contributed by atoms with Crippen molar-refractivity contribution >= 4 is 27.6 Å². The third-order valence-electron chi connectivity index (χ3n) is 3.53. The minimum Gasteiger partial charge on any atom is -0.467 e. The van der Waals surface area contributed by atoms with Crippen LogP contribution in [-0.4, -0.2) is 24.8 Å². The Morgan fingerprint density at radius 3 is 2.24 bits per heavy atom. The first-order valence-electron chi connectivity index (χ1n) is 7.87. The molecule has 0 spiro atoms. The number of carbonyl (C=O) groups excluding carboxylic acids is 1. The van der Waals surface area contributed by atoms with Crippen molar-refractivity contribution in [1.82, 2.24) is 0 Å². The molecule has 0 aromatic carbocycles. The summed E-state index contributed by atoms with van der Waals surface area (Å²) in [6.07, 6.45) is 17.7. The van der Waals surface area contributed by atoms with Crippen LogP contribution in [-0.2, 0) is 9.53 Å². The fourth-order valence-corrected chi connectivity index (χ4v) is 2.47. The third-order valence-corrected chi connectivity index (χ3v) is 3.91. The zero-order chi connectivity index (χ0) is 15.3. The van der Waals surface area contributed by atoms with Crippen LogP contribution in [0.15, 0.2) is 28.2 Å². The lowest BCUT2D eigenvalue weighted by Crippen LogP contribution is -2.12. The summed E-state index contributed by atoms with van der Waals surface area (Å²) in [5.41, 5.74) is 0.861. The van der Waals surface area contributed by atoms with Crippen molar-refractivity contribution < 1.29 is 9.53 Å². The van der Waals surface area contributed by atoms with Crippen LogP contribution in [0.5, 0.6) is 0 Å². The van der Waals surface area contributed by atoms with Crippen LogP contribution in [0, 0.1) is 0 Å². The van der Waals surface area contributed by atoms with Crippen molar-refractivity contribution in [3.8, 4) is 0 Å². The van der Waals surface area contributed by atoms with Gasteiger partial charge in [0.2, 0.25) is 0 Å². The zero-order valence-electron chi connectivity index (χ0n) is 12.9. The van der Waals surface area contributed by atoms with E-state index in [4.69, 9.17) is 0 Å². The minimum atomic E-state index is -0.314. The van der Waals surface area contributed by atoms with Gasteiger partial charge in [0, 0.05) is 0 Å².